The van der Waals surface area contributed by atoms with Gasteiger partial charge in [-0.2, -0.15) is 0 Å². The van der Waals surface area contributed by atoms with E-state index in [1.807, 2.05) is 0 Å². The van der Waals surface area contributed by atoms with Gasteiger partial charge in [0.05, 0.1) is 10.2 Å². The van der Waals surface area contributed by atoms with E-state index in [9.17, 15) is 0 Å². The van der Waals surface area contributed by atoms with E-state index in [0.29, 0.717) is 0 Å². The minimum Gasteiger partial charge on any atom is -0.236 e. The Morgan fingerprint density at radius 3 is 2.00 bits per heavy atom. The first kappa shape index (κ1) is 16.0. The molecule has 1 nitrogen and oxygen atoms in total. The number of hydrogen-bond donors (Lipinski definition) is 0. The van der Waals surface area contributed by atoms with Crippen LogP contribution in [-0.4, -0.2) is 4.98 Å². The predicted molar refractivity (Wildman–Crippen MR) is 108 cm³/mol. The summed E-state index contributed by atoms with van der Waals surface area (Å²) >= 11 is 1.77. The zero-order chi connectivity index (χ0) is 17.2. The molecule has 0 saturated carbocycles. The van der Waals surface area contributed by atoms with Crippen LogP contribution in [0.15, 0.2) is 66.7 Å². The summed E-state index contributed by atoms with van der Waals surface area (Å²) in [7, 11) is 0. The van der Waals surface area contributed by atoms with Crippen molar-refractivity contribution in [3.8, 4) is 10.6 Å². The molecule has 0 aliphatic heterocycles. The third-order valence-corrected chi connectivity index (χ3v) is 5.64. The first-order valence-corrected chi connectivity index (χ1v) is 9.51. The van der Waals surface area contributed by atoms with Crippen molar-refractivity contribution in [2.24, 2.45) is 0 Å². The zero-order valence-corrected chi connectivity index (χ0v) is 15.4. The van der Waals surface area contributed by atoms with Crippen molar-refractivity contribution in [3.63, 3.8) is 0 Å². The average Bonchev–Trinajstić information content (AvgIpc) is 3.05. The van der Waals surface area contributed by atoms with E-state index in [1.165, 1.54) is 32.5 Å². The van der Waals surface area contributed by atoms with Crippen LogP contribution >= 0.6 is 11.3 Å². The molecular formula is C23H21NS. The van der Waals surface area contributed by atoms with E-state index >= 15 is 0 Å². The lowest BCUT2D eigenvalue weighted by Crippen LogP contribution is -1.91. The molecule has 4 aromatic rings. The summed E-state index contributed by atoms with van der Waals surface area (Å²) in [5, 5.41) is 1.10. The number of nitrogens with zero attached hydrogens (tertiary/aromatic N) is 1. The Hall–Kier alpha value is -2.45. The van der Waals surface area contributed by atoms with Gasteiger partial charge in [0.15, 0.2) is 0 Å². The van der Waals surface area contributed by atoms with Crippen LogP contribution < -0.4 is 0 Å². The minimum absolute atomic E-state index is 1.07. The normalized spacial score (nSPS) is 11.1. The summed E-state index contributed by atoms with van der Waals surface area (Å²) in [6, 6.07) is 24.2. The Morgan fingerprint density at radius 2 is 1.32 bits per heavy atom. The number of hydrogen-bond acceptors (Lipinski definition) is 2. The van der Waals surface area contributed by atoms with Gasteiger partial charge in [0.1, 0.15) is 5.01 Å². The van der Waals surface area contributed by atoms with E-state index in [4.69, 9.17) is 4.98 Å². The van der Waals surface area contributed by atoms with E-state index < -0.39 is 0 Å². The highest BCUT2D eigenvalue weighted by Gasteiger charge is 2.06. The van der Waals surface area contributed by atoms with Crippen LogP contribution in [-0.2, 0) is 12.8 Å². The smallest absolute Gasteiger partial charge is 0.124 e. The summed E-state index contributed by atoms with van der Waals surface area (Å²) in [5.41, 5.74) is 7.68. The molecule has 124 valence electrons. The van der Waals surface area contributed by atoms with E-state index in [0.717, 1.165) is 23.4 Å². The van der Waals surface area contributed by atoms with Gasteiger partial charge in [0.25, 0.3) is 0 Å². The molecule has 0 bridgehead atoms. The second-order valence-electron chi connectivity index (χ2n) is 6.67. The van der Waals surface area contributed by atoms with Crippen molar-refractivity contribution in [3.05, 3.63) is 89.0 Å². The van der Waals surface area contributed by atoms with E-state index in [1.54, 1.807) is 11.3 Å². The molecule has 25 heavy (non-hydrogen) atoms. The van der Waals surface area contributed by atoms with Crippen molar-refractivity contribution in [2.45, 2.75) is 26.7 Å². The molecule has 0 saturated heterocycles. The Morgan fingerprint density at radius 1 is 0.720 bits per heavy atom. The molecule has 0 aliphatic carbocycles. The second kappa shape index (κ2) is 6.81. The molecule has 0 amide bonds. The maximum Gasteiger partial charge on any atom is 0.124 e. The zero-order valence-electron chi connectivity index (χ0n) is 14.6. The summed E-state index contributed by atoms with van der Waals surface area (Å²) in [4.78, 5) is 4.77. The number of fused-ring (bicyclic) bond motifs is 1. The summed E-state index contributed by atoms with van der Waals surface area (Å²) in [6.07, 6.45) is 2.16. The Bertz CT molecular complexity index is 995. The van der Waals surface area contributed by atoms with Gasteiger partial charge in [0.2, 0.25) is 0 Å². The summed E-state index contributed by atoms with van der Waals surface area (Å²) in [6.45, 7) is 4.26. The van der Waals surface area contributed by atoms with Gasteiger partial charge in [-0.25, -0.2) is 4.98 Å². The number of aromatic nitrogens is 1. The third-order valence-electron chi connectivity index (χ3n) is 4.57. The van der Waals surface area contributed by atoms with E-state index in [-0.39, 0.29) is 0 Å². The Labute approximate surface area is 153 Å². The molecular weight excluding hydrogens is 322 g/mol. The average molecular weight is 343 g/mol. The van der Waals surface area contributed by atoms with Gasteiger partial charge in [-0.3, -0.25) is 0 Å². The first-order chi connectivity index (χ1) is 12.2. The molecule has 3 aromatic carbocycles. The number of aryl methyl sites for hydroxylation is 4. The van der Waals surface area contributed by atoms with Gasteiger partial charge in [-0.1, -0.05) is 60.2 Å². The van der Waals surface area contributed by atoms with Gasteiger partial charge in [0, 0.05) is 5.56 Å². The fourth-order valence-corrected chi connectivity index (χ4v) is 4.08. The van der Waals surface area contributed by atoms with Crippen LogP contribution in [0.2, 0.25) is 0 Å². The molecule has 0 spiro atoms. The quantitative estimate of drug-likeness (QED) is 0.420. The molecule has 0 atom stereocenters. The second-order valence-corrected chi connectivity index (χ2v) is 7.70. The number of thiazole rings is 1. The maximum absolute atomic E-state index is 4.77. The molecule has 4 rings (SSSR count). The monoisotopic (exact) mass is 343 g/mol. The van der Waals surface area contributed by atoms with E-state index in [2.05, 4.69) is 80.6 Å². The number of rotatable bonds is 4. The maximum atomic E-state index is 4.77. The largest absolute Gasteiger partial charge is 0.236 e. The predicted octanol–water partition coefficient (Wildman–Crippen LogP) is 6.37. The van der Waals surface area contributed by atoms with Crippen LogP contribution in [0.3, 0.4) is 0 Å². The van der Waals surface area contributed by atoms with Crippen molar-refractivity contribution in [1.82, 2.24) is 4.98 Å². The third kappa shape index (κ3) is 3.64. The fraction of sp³-hybridized carbons (Fsp3) is 0.174. The molecule has 0 radical (unpaired) electrons. The van der Waals surface area contributed by atoms with Crippen LogP contribution in [0.4, 0.5) is 0 Å². The standard InChI is InChI=1S/C23H21NS/c1-16-3-6-18(7-4-16)8-9-19-10-12-20(13-11-19)23-24-21-14-5-17(2)15-22(21)25-23/h3-7,10-15H,8-9H2,1-2H3. The Kier molecular flexibility index (Phi) is 4.37. The van der Waals surface area contributed by atoms with Crippen molar-refractivity contribution < 1.29 is 0 Å². The summed E-state index contributed by atoms with van der Waals surface area (Å²) in [5.74, 6) is 0. The lowest BCUT2D eigenvalue weighted by atomic mass is 10.0. The molecule has 2 heteroatoms. The van der Waals surface area contributed by atoms with Crippen molar-refractivity contribution in [2.75, 3.05) is 0 Å². The van der Waals surface area contributed by atoms with Gasteiger partial charge < -0.3 is 0 Å². The lowest BCUT2D eigenvalue weighted by Gasteiger charge is -2.04. The minimum atomic E-state index is 1.07. The molecule has 0 N–H and O–H groups in total. The fourth-order valence-electron chi connectivity index (χ4n) is 3.01. The molecule has 0 aliphatic rings. The van der Waals surface area contributed by atoms with Crippen molar-refractivity contribution in [1.29, 1.82) is 0 Å². The van der Waals surface area contributed by atoms with Crippen LogP contribution in [0.5, 0.6) is 0 Å². The topological polar surface area (TPSA) is 12.9 Å². The van der Waals surface area contributed by atoms with Crippen LogP contribution in [0, 0.1) is 13.8 Å². The van der Waals surface area contributed by atoms with Gasteiger partial charge in [-0.15, -0.1) is 11.3 Å². The molecule has 1 aromatic heterocycles. The molecule has 1 heterocycles. The Balaban J connectivity index is 1.49. The lowest BCUT2D eigenvalue weighted by molar-refractivity contribution is 0.959. The van der Waals surface area contributed by atoms with Crippen molar-refractivity contribution >= 4 is 21.6 Å². The van der Waals surface area contributed by atoms with Crippen LogP contribution in [0.25, 0.3) is 20.8 Å². The highest BCUT2D eigenvalue weighted by Crippen LogP contribution is 2.30. The first-order valence-electron chi connectivity index (χ1n) is 8.69. The molecule has 0 unspecified atom stereocenters. The number of benzene rings is 3. The SMILES string of the molecule is Cc1ccc(CCc2ccc(-c3nc4ccc(C)cc4s3)cc2)cc1. The molecule has 0 fully saturated rings. The highest BCUT2D eigenvalue weighted by atomic mass is 32.1. The highest BCUT2D eigenvalue weighted by molar-refractivity contribution is 7.21. The summed E-state index contributed by atoms with van der Waals surface area (Å²) < 4.78 is 1.26. The van der Waals surface area contributed by atoms with Gasteiger partial charge >= 0.3 is 0 Å². The van der Waals surface area contributed by atoms with Crippen LogP contribution in [0.1, 0.15) is 22.3 Å². The van der Waals surface area contributed by atoms with Gasteiger partial charge in [-0.05, 0) is 55.5 Å².